The number of aromatic nitrogens is 2. The molecule has 0 radical (unpaired) electrons. The van der Waals surface area contributed by atoms with Gasteiger partial charge in [-0.3, -0.25) is 4.90 Å². The number of hydrogen-bond donors (Lipinski definition) is 1. The molecular formula is C21H28N4OS. The zero-order chi connectivity index (χ0) is 18.5. The van der Waals surface area contributed by atoms with Crippen LogP contribution in [0.25, 0.3) is 0 Å². The lowest BCUT2D eigenvalue weighted by Crippen LogP contribution is -2.41. The number of thiophene rings is 1. The topological polar surface area (TPSA) is 52.5 Å². The summed E-state index contributed by atoms with van der Waals surface area (Å²) in [6.45, 7) is 7.11. The summed E-state index contributed by atoms with van der Waals surface area (Å²) in [6, 6.07) is 3.41. The molecule has 5 heterocycles. The van der Waals surface area contributed by atoms with Crippen LogP contribution in [0.15, 0.2) is 12.3 Å². The molecule has 1 N–H and O–H groups in total. The van der Waals surface area contributed by atoms with Crippen LogP contribution in [-0.2, 0) is 13.0 Å². The van der Waals surface area contributed by atoms with Crippen molar-refractivity contribution >= 4 is 17.3 Å². The molecule has 0 unspecified atom stereocenters. The Kier molecular flexibility index (Phi) is 4.45. The molecule has 0 spiro atoms. The molecule has 5 rings (SSSR count). The van der Waals surface area contributed by atoms with E-state index in [2.05, 4.69) is 35.9 Å². The zero-order valence-electron chi connectivity index (χ0n) is 16.2. The van der Waals surface area contributed by atoms with E-state index in [4.69, 9.17) is 9.97 Å². The van der Waals surface area contributed by atoms with Crippen molar-refractivity contribution in [3.8, 4) is 0 Å². The second-order valence-corrected chi connectivity index (χ2v) is 9.84. The van der Waals surface area contributed by atoms with E-state index in [1.165, 1.54) is 39.4 Å². The van der Waals surface area contributed by atoms with Gasteiger partial charge in [-0.2, -0.15) is 0 Å². The van der Waals surface area contributed by atoms with Gasteiger partial charge in [-0.25, -0.2) is 9.97 Å². The molecular weight excluding hydrogens is 356 g/mol. The minimum Gasteiger partial charge on any atom is -0.391 e. The van der Waals surface area contributed by atoms with Crippen LogP contribution in [0.2, 0.25) is 0 Å². The van der Waals surface area contributed by atoms with Crippen LogP contribution in [0.5, 0.6) is 0 Å². The molecule has 144 valence electrons. The van der Waals surface area contributed by atoms with Gasteiger partial charge < -0.3 is 10.0 Å². The maximum absolute atomic E-state index is 9.97. The van der Waals surface area contributed by atoms with Crippen LogP contribution >= 0.6 is 11.3 Å². The lowest BCUT2D eigenvalue weighted by molar-refractivity contribution is 0.153. The highest BCUT2D eigenvalue weighted by Crippen LogP contribution is 2.44. The van der Waals surface area contributed by atoms with Gasteiger partial charge in [0.15, 0.2) is 0 Å². The van der Waals surface area contributed by atoms with Crippen LogP contribution in [0.4, 0.5) is 5.95 Å². The Morgan fingerprint density at radius 2 is 2.15 bits per heavy atom. The Labute approximate surface area is 165 Å². The largest absolute Gasteiger partial charge is 0.391 e. The van der Waals surface area contributed by atoms with E-state index in [0.29, 0.717) is 18.6 Å². The van der Waals surface area contributed by atoms with Crippen molar-refractivity contribution in [3.63, 3.8) is 0 Å². The number of rotatable bonds is 3. The van der Waals surface area contributed by atoms with E-state index in [-0.39, 0.29) is 6.10 Å². The molecule has 0 amide bonds. The van der Waals surface area contributed by atoms with Crippen LogP contribution in [-0.4, -0.2) is 45.2 Å². The smallest absolute Gasteiger partial charge is 0.225 e. The van der Waals surface area contributed by atoms with Gasteiger partial charge in [0.25, 0.3) is 0 Å². The number of hydrogen-bond acceptors (Lipinski definition) is 6. The van der Waals surface area contributed by atoms with Crippen LogP contribution < -0.4 is 4.90 Å². The molecule has 6 heteroatoms. The van der Waals surface area contributed by atoms with Gasteiger partial charge in [0, 0.05) is 59.7 Å². The number of β-amino-alcohol motifs (C(OH)–C–C–N with tert-alkyl or cyclic N) is 1. The first-order chi connectivity index (χ1) is 13.1. The molecule has 0 aromatic carbocycles. The molecule has 2 saturated heterocycles. The first kappa shape index (κ1) is 17.6. The second-order valence-electron chi connectivity index (χ2n) is 8.38. The van der Waals surface area contributed by atoms with Crippen LogP contribution in [0.3, 0.4) is 0 Å². The monoisotopic (exact) mass is 384 g/mol. The zero-order valence-corrected chi connectivity index (χ0v) is 17.0. The summed E-state index contributed by atoms with van der Waals surface area (Å²) in [5.41, 5.74) is 4.05. The summed E-state index contributed by atoms with van der Waals surface area (Å²) in [6.07, 6.45) is 7.22. The van der Waals surface area contributed by atoms with E-state index >= 15 is 0 Å². The standard InChI is InChI=1S/C21H28N4OS/c1-13-8-15(14(2)27-13)11-25-16-5-6-20(25)18-10-22-21(23-19(18)9-16)24-7-3-4-17(26)12-24/h8,10,16-17,20,26H,3-7,9,11-12H2,1-2H3/t16-,17+,20-/m0/s1. The van der Waals surface area contributed by atoms with Gasteiger partial charge in [-0.15, -0.1) is 11.3 Å². The maximum atomic E-state index is 9.97. The van der Waals surface area contributed by atoms with Crippen molar-refractivity contribution in [2.45, 2.75) is 70.7 Å². The third kappa shape index (κ3) is 3.18. The van der Waals surface area contributed by atoms with Gasteiger partial charge in [0.2, 0.25) is 5.95 Å². The number of piperidine rings is 1. The fraction of sp³-hybridized carbons (Fsp3) is 0.619. The Balaban J connectivity index is 1.40. The number of aliphatic hydroxyl groups is 1. The summed E-state index contributed by atoms with van der Waals surface area (Å²) in [4.78, 5) is 17.4. The summed E-state index contributed by atoms with van der Waals surface area (Å²) in [7, 11) is 0. The normalized spacial score (nSPS) is 27.8. The highest BCUT2D eigenvalue weighted by atomic mass is 32.1. The average Bonchev–Trinajstić information content (AvgIpc) is 3.11. The quantitative estimate of drug-likeness (QED) is 0.879. The predicted octanol–water partition coefficient (Wildman–Crippen LogP) is 3.38. The van der Waals surface area contributed by atoms with Crippen molar-refractivity contribution in [2.75, 3.05) is 18.0 Å². The van der Waals surface area contributed by atoms with E-state index in [1.807, 2.05) is 11.3 Å². The van der Waals surface area contributed by atoms with Crippen molar-refractivity contribution in [3.05, 3.63) is 38.8 Å². The van der Waals surface area contributed by atoms with E-state index in [0.717, 1.165) is 38.3 Å². The highest BCUT2D eigenvalue weighted by Gasteiger charge is 2.41. The van der Waals surface area contributed by atoms with E-state index < -0.39 is 0 Å². The minimum atomic E-state index is -0.248. The number of aryl methyl sites for hydroxylation is 2. The lowest BCUT2D eigenvalue weighted by Gasteiger charge is -2.36. The molecule has 3 aliphatic rings. The van der Waals surface area contributed by atoms with E-state index in [1.54, 1.807) is 0 Å². The summed E-state index contributed by atoms with van der Waals surface area (Å²) in [5.74, 6) is 0.810. The molecule has 5 nitrogen and oxygen atoms in total. The van der Waals surface area contributed by atoms with Crippen molar-refractivity contribution < 1.29 is 5.11 Å². The first-order valence-electron chi connectivity index (χ1n) is 10.2. The van der Waals surface area contributed by atoms with Crippen LogP contribution in [0.1, 0.15) is 58.3 Å². The summed E-state index contributed by atoms with van der Waals surface area (Å²) in [5, 5.41) is 9.97. The number of nitrogens with zero attached hydrogens (tertiary/aromatic N) is 4. The van der Waals surface area contributed by atoms with Gasteiger partial charge in [0.1, 0.15) is 0 Å². The molecule has 0 saturated carbocycles. The predicted molar refractivity (Wildman–Crippen MR) is 108 cm³/mol. The average molecular weight is 385 g/mol. The van der Waals surface area contributed by atoms with Gasteiger partial charge >= 0.3 is 0 Å². The Bertz CT molecular complexity index is 851. The SMILES string of the molecule is Cc1cc(CN2[C@H]3CC[C@H]2c2cnc(N4CCC[C@@H](O)C4)nc2C3)c(C)s1. The maximum Gasteiger partial charge on any atom is 0.225 e. The van der Waals surface area contributed by atoms with Gasteiger partial charge in [0.05, 0.1) is 11.8 Å². The molecule has 27 heavy (non-hydrogen) atoms. The number of anilines is 1. The van der Waals surface area contributed by atoms with Crippen LogP contribution in [0, 0.1) is 13.8 Å². The first-order valence-corrected chi connectivity index (χ1v) is 11.0. The fourth-order valence-electron chi connectivity index (χ4n) is 5.14. The summed E-state index contributed by atoms with van der Waals surface area (Å²) >= 11 is 1.91. The highest BCUT2D eigenvalue weighted by molar-refractivity contribution is 7.12. The number of fused-ring (bicyclic) bond motifs is 4. The molecule has 0 aliphatic carbocycles. The number of aliphatic hydroxyl groups excluding tert-OH is 1. The molecule has 3 atom stereocenters. The minimum absolute atomic E-state index is 0.248. The molecule has 2 aromatic rings. The Morgan fingerprint density at radius 3 is 2.93 bits per heavy atom. The third-order valence-electron chi connectivity index (χ3n) is 6.49. The van der Waals surface area contributed by atoms with Crippen molar-refractivity contribution in [2.24, 2.45) is 0 Å². The van der Waals surface area contributed by atoms with E-state index in [9.17, 15) is 5.11 Å². The Morgan fingerprint density at radius 1 is 1.26 bits per heavy atom. The fourth-order valence-corrected chi connectivity index (χ4v) is 6.07. The second kappa shape index (κ2) is 6.83. The molecule has 3 aliphatic heterocycles. The van der Waals surface area contributed by atoms with Crippen molar-refractivity contribution in [1.29, 1.82) is 0 Å². The summed E-state index contributed by atoms with van der Waals surface area (Å²) < 4.78 is 0. The lowest BCUT2D eigenvalue weighted by atomic mass is 9.98. The molecule has 2 fully saturated rings. The third-order valence-corrected chi connectivity index (χ3v) is 7.50. The van der Waals surface area contributed by atoms with Gasteiger partial charge in [-0.1, -0.05) is 0 Å². The van der Waals surface area contributed by atoms with Crippen molar-refractivity contribution in [1.82, 2.24) is 14.9 Å². The molecule has 2 aromatic heterocycles. The van der Waals surface area contributed by atoms with Gasteiger partial charge in [-0.05, 0) is 51.2 Å². The Hall–Kier alpha value is -1.50. The molecule has 2 bridgehead atoms.